The summed E-state index contributed by atoms with van der Waals surface area (Å²) in [6.45, 7) is 1.99. The molecule has 2 aromatic rings. The van der Waals surface area contributed by atoms with Crippen molar-refractivity contribution in [3.63, 3.8) is 0 Å². The van der Waals surface area contributed by atoms with Crippen molar-refractivity contribution in [2.75, 3.05) is 7.11 Å². The lowest BCUT2D eigenvalue weighted by Crippen LogP contribution is -2.08. The van der Waals surface area contributed by atoms with Crippen LogP contribution in [0.15, 0.2) is 54.6 Å². The Labute approximate surface area is 163 Å². The molecule has 0 amide bonds. The SMILES string of the molecule is CC=C(C(=O)OC)c1ccc(COC(=O)C2CC2c2ccccc2Cl)cc1. The standard InChI is InChI=1S/C22H21ClO4/c1-3-16(21(24)26-2)15-10-8-14(9-11-15)13-27-22(25)19-12-18(19)17-6-4-5-7-20(17)23/h3-11,18-19H,12-13H2,1-2H3. The smallest absolute Gasteiger partial charge is 0.338 e. The number of allylic oxidation sites excluding steroid dienone is 1. The highest BCUT2D eigenvalue weighted by Crippen LogP contribution is 2.50. The average Bonchev–Trinajstić information content (AvgIpc) is 3.48. The van der Waals surface area contributed by atoms with Crippen LogP contribution >= 0.6 is 11.6 Å². The summed E-state index contributed by atoms with van der Waals surface area (Å²) in [5.41, 5.74) is 3.14. The van der Waals surface area contributed by atoms with Crippen molar-refractivity contribution in [2.24, 2.45) is 5.92 Å². The Morgan fingerprint density at radius 3 is 2.48 bits per heavy atom. The summed E-state index contributed by atoms with van der Waals surface area (Å²) in [6, 6.07) is 14.9. The molecular formula is C22H21ClO4. The van der Waals surface area contributed by atoms with Gasteiger partial charge in [0.05, 0.1) is 18.6 Å². The van der Waals surface area contributed by atoms with Gasteiger partial charge in [0.2, 0.25) is 0 Å². The van der Waals surface area contributed by atoms with Crippen LogP contribution in [-0.2, 0) is 25.7 Å². The number of carbonyl (C=O) groups excluding carboxylic acids is 2. The molecule has 0 bridgehead atoms. The van der Waals surface area contributed by atoms with E-state index in [1.165, 1.54) is 7.11 Å². The van der Waals surface area contributed by atoms with Crippen molar-refractivity contribution < 1.29 is 19.1 Å². The van der Waals surface area contributed by atoms with Crippen LogP contribution in [0.25, 0.3) is 5.57 Å². The Kier molecular flexibility index (Phi) is 5.97. The summed E-state index contributed by atoms with van der Waals surface area (Å²) in [5.74, 6) is -0.562. The normalized spacial score (nSPS) is 18.7. The summed E-state index contributed by atoms with van der Waals surface area (Å²) in [7, 11) is 1.35. The van der Waals surface area contributed by atoms with Gasteiger partial charge in [-0.15, -0.1) is 0 Å². The number of ether oxygens (including phenoxy) is 2. The van der Waals surface area contributed by atoms with Gasteiger partial charge in [-0.05, 0) is 42.0 Å². The van der Waals surface area contributed by atoms with Crippen LogP contribution in [0, 0.1) is 5.92 Å². The second-order valence-electron chi connectivity index (χ2n) is 6.47. The fraction of sp³-hybridized carbons (Fsp3) is 0.273. The fourth-order valence-corrected chi connectivity index (χ4v) is 3.41. The molecule has 140 valence electrons. The number of benzene rings is 2. The molecule has 5 heteroatoms. The Morgan fingerprint density at radius 1 is 1.15 bits per heavy atom. The Morgan fingerprint density at radius 2 is 1.85 bits per heavy atom. The zero-order chi connectivity index (χ0) is 19.4. The maximum Gasteiger partial charge on any atom is 0.338 e. The van der Waals surface area contributed by atoms with Crippen molar-refractivity contribution >= 4 is 29.1 Å². The summed E-state index contributed by atoms with van der Waals surface area (Å²) in [5, 5.41) is 0.693. The van der Waals surface area contributed by atoms with Crippen LogP contribution in [-0.4, -0.2) is 19.0 Å². The maximum absolute atomic E-state index is 12.3. The van der Waals surface area contributed by atoms with Crippen molar-refractivity contribution in [1.29, 1.82) is 0 Å². The Hall–Kier alpha value is -2.59. The van der Waals surface area contributed by atoms with E-state index in [4.69, 9.17) is 21.1 Å². The fourth-order valence-electron chi connectivity index (χ4n) is 3.13. The molecule has 0 aromatic heterocycles. The maximum atomic E-state index is 12.3. The molecular weight excluding hydrogens is 364 g/mol. The highest BCUT2D eigenvalue weighted by atomic mass is 35.5. The van der Waals surface area contributed by atoms with E-state index in [2.05, 4.69) is 0 Å². The molecule has 0 saturated heterocycles. The van der Waals surface area contributed by atoms with Gasteiger partial charge in [0.1, 0.15) is 6.61 Å². The van der Waals surface area contributed by atoms with Crippen molar-refractivity contribution in [3.05, 3.63) is 76.3 Å². The second-order valence-corrected chi connectivity index (χ2v) is 6.88. The highest BCUT2D eigenvalue weighted by molar-refractivity contribution is 6.31. The second kappa shape index (κ2) is 8.40. The third kappa shape index (κ3) is 4.40. The van der Waals surface area contributed by atoms with E-state index in [0.29, 0.717) is 10.6 Å². The van der Waals surface area contributed by atoms with E-state index in [0.717, 1.165) is 23.1 Å². The Balaban J connectivity index is 1.56. The van der Waals surface area contributed by atoms with Crippen molar-refractivity contribution in [2.45, 2.75) is 25.9 Å². The van der Waals surface area contributed by atoms with Crippen LogP contribution < -0.4 is 0 Å². The van der Waals surface area contributed by atoms with Gasteiger partial charge in [-0.2, -0.15) is 0 Å². The molecule has 1 aliphatic rings. The monoisotopic (exact) mass is 384 g/mol. The lowest BCUT2D eigenvalue weighted by molar-refractivity contribution is -0.146. The van der Waals surface area contributed by atoms with E-state index in [1.54, 1.807) is 13.0 Å². The highest BCUT2D eigenvalue weighted by Gasteiger charge is 2.46. The van der Waals surface area contributed by atoms with Crippen molar-refractivity contribution in [1.82, 2.24) is 0 Å². The van der Waals surface area contributed by atoms with Gasteiger partial charge in [-0.3, -0.25) is 4.79 Å². The number of halogens is 1. The van der Waals surface area contributed by atoms with Gasteiger partial charge < -0.3 is 9.47 Å². The van der Waals surface area contributed by atoms with Gasteiger partial charge in [-0.25, -0.2) is 4.79 Å². The largest absolute Gasteiger partial charge is 0.465 e. The minimum atomic E-state index is -0.379. The third-order valence-corrected chi connectivity index (χ3v) is 5.08. The topological polar surface area (TPSA) is 52.6 Å². The van der Waals surface area contributed by atoms with Crippen LogP contribution in [0.5, 0.6) is 0 Å². The van der Waals surface area contributed by atoms with Gasteiger partial charge in [-0.1, -0.05) is 60.1 Å². The molecule has 1 saturated carbocycles. The predicted octanol–water partition coefficient (Wildman–Crippen LogP) is 4.76. The number of rotatable bonds is 6. The molecule has 27 heavy (non-hydrogen) atoms. The lowest BCUT2D eigenvalue weighted by Gasteiger charge is -2.08. The number of carbonyl (C=O) groups is 2. The zero-order valence-corrected chi connectivity index (χ0v) is 16.0. The lowest BCUT2D eigenvalue weighted by atomic mass is 10.0. The Bertz CT molecular complexity index is 870. The zero-order valence-electron chi connectivity index (χ0n) is 15.3. The van der Waals surface area contributed by atoms with E-state index >= 15 is 0 Å². The molecule has 2 aromatic carbocycles. The van der Waals surface area contributed by atoms with Crippen LogP contribution in [0.1, 0.15) is 36.0 Å². The van der Waals surface area contributed by atoms with E-state index < -0.39 is 0 Å². The van der Waals surface area contributed by atoms with Gasteiger partial charge >= 0.3 is 11.9 Å². The van der Waals surface area contributed by atoms with Gasteiger partial charge in [0.15, 0.2) is 0 Å². The number of hydrogen-bond donors (Lipinski definition) is 0. The van der Waals surface area contributed by atoms with Gasteiger partial charge in [0.25, 0.3) is 0 Å². The quantitative estimate of drug-likeness (QED) is 0.532. The molecule has 2 unspecified atom stereocenters. The van der Waals surface area contributed by atoms with E-state index in [1.807, 2.05) is 48.5 Å². The molecule has 0 N–H and O–H groups in total. The molecule has 0 radical (unpaired) electrons. The summed E-state index contributed by atoms with van der Waals surface area (Å²) < 4.78 is 10.2. The predicted molar refractivity (Wildman–Crippen MR) is 104 cm³/mol. The minimum absolute atomic E-state index is 0.127. The summed E-state index contributed by atoms with van der Waals surface area (Å²) in [6.07, 6.45) is 2.48. The summed E-state index contributed by atoms with van der Waals surface area (Å²) >= 11 is 6.20. The van der Waals surface area contributed by atoms with Gasteiger partial charge in [0, 0.05) is 5.02 Å². The first-order chi connectivity index (χ1) is 13.0. The molecule has 3 rings (SSSR count). The number of hydrogen-bond acceptors (Lipinski definition) is 4. The molecule has 1 aliphatic carbocycles. The molecule has 2 atom stereocenters. The molecule has 0 spiro atoms. The molecule has 4 nitrogen and oxygen atoms in total. The summed E-state index contributed by atoms with van der Waals surface area (Å²) in [4.78, 5) is 24.0. The third-order valence-electron chi connectivity index (χ3n) is 4.74. The number of methoxy groups -OCH3 is 1. The van der Waals surface area contributed by atoms with Crippen LogP contribution in [0.3, 0.4) is 0 Å². The number of esters is 2. The van der Waals surface area contributed by atoms with Crippen LogP contribution in [0.2, 0.25) is 5.02 Å². The minimum Gasteiger partial charge on any atom is -0.465 e. The van der Waals surface area contributed by atoms with Crippen LogP contribution in [0.4, 0.5) is 0 Å². The van der Waals surface area contributed by atoms with Crippen molar-refractivity contribution in [3.8, 4) is 0 Å². The molecule has 0 heterocycles. The first-order valence-corrected chi connectivity index (χ1v) is 9.18. The first-order valence-electron chi connectivity index (χ1n) is 8.80. The average molecular weight is 385 g/mol. The molecule has 1 fully saturated rings. The molecule has 0 aliphatic heterocycles. The van der Waals surface area contributed by atoms with E-state index in [-0.39, 0.29) is 30.4 Å². The first kappa shape index (κ1) is 19.2. The van der Waals surface area contributed by atoms with E-state index in [9.17, 15) is 9.59 Å².